The van der Waals surface area contributed by atoms with E-state index in [9.17, 15) is 41.4 Å². The molecule has 0 unspecified atom stereocenters. The van der Waals surface area contributed by atoms with Gasteiger partial charge in [0.15, 0.2) is 5.78 Å². The van der Waals surface area contributed by atoms with Gasteiger partial charge in [0.1, 0.15) is 12.1 Å². The Hall–Kier alpha value is -2.43. The van der Waals surface area contributed by atoms with E-state index in [1.54, 1.807) is 12.5 Å². The summed E-state index contributed by atoms with van der Waals surface area (Å²) in [5.74, 6) is -2.43. The van der Waals surface area contributed by atoms with Crippen LogP contribution >= 0.6 is 23.5 Å². The van der Waals surface area contributed by atoms with Gasteiger partial charge in [0, 0.05) is 11.1 Å². The van der Waals surface area contributed by atoms with Crippen LogP contribution in [0.1, 0.15) is 28.8 Å². The Balaban J connectivity index is 1.91. The summed E-state index contributed by atoms with van der Waals surface area (Å²) in [5, 5.41) is 18.7. The SMILES string of the molecule is CSCC[C@H](NS(=O)(=O)c1ccc2c(c1)C(=O)c1cc(S(=O)(=O)N[C@H](CCSC)C(=O)O)ccc1-2)C(=O)O. The number of sulfonamides is 2. The number of benzene rings is 2. The largest absolute Gasteiger partial charge is 0.480 e. The third-order valence-electron chi connectivity index (χ3n) is 5.79. The molecule has 2 atom stereocenters. The molecule has 0 fully saturated rings. The highest BCUT2D eigenvalue weighted by molar-refractivity contribution is 7.98. The van der Waals surface area contributed by atoms with Crippen LogP contribution < -0.4 is 9.44 Å². The van der Waals surface area contributed by atoms with Gasteiger partial charge in [-0.25, -0.2) is 16.8 Å². The van der Waals surface area contributed by atoms with Gasteiger partial charge in [-0.2, -0.15) is 33.0 Å². The summed E-state index contributed by atoms with van der Waals surface area (Å²) in [5.41, 5.74) is 0.817. The Bertz CT molecular complexity index is 1360. The third kappa shape index (κ3) is 6.58. The third-order valence-corrected chi connectivity index (χ3v) is 10.0. The molecule has 15 heteroatoms. The van der Waals surface area contributed by atoms with E-state index in [1.165, 1.54) is 47.8 Å². The fraction of sp³-hybridized carbons (Fsp3) is 0.348. The van der Waals surface area contributed by atoms with E-state index in [4.69, 9.17) is 0 Å². The van der Waals surface area contributed by atoms with Crippen LogP contribution in [0.25, 0.3) is 11.1 Å². The first-order valence-electron chi connectivity index (χ1n) is 11.1. The molecule has 206 valence electrons. The van der Waals surface area contributed by atoms with Crippen molar-refractivity contribution in [2.24, 2.45) is 0 Å². The number of aliphatic carboxylic acids is 2. The maximum absolute atomic E-state index is 13.2. The Kier molecular flexibility index (Phi) is 9.65. The molecule has 0 amide bonds. The molecule has 0 bridgehead atoms. The van der Waals surface area contributed by atoms with E-state index < -0.39 is 49.9 Å². The van der Waals surface area contributed by atoms with Crippen LogP contribution in [0.15, 0.2) is 46.2 Å². The van der Waals surface area contributed by atoms with E-state index in [0.717, 1.165) is 12.1 Å². The zero-order chi connectivity index (χ0) is 28.3. The van der Waals surface area contributed by atoms with E-state index >= 15 is 0 Å². The number of carboxylic acids is 2. The lowest BCUT2D eigenvalue weighted by molar-refractivity contribution is -0.139. The molecule has 0 spiro atoms. The lowest BCUT2D eigenvalue weighted by atomic mass is 10.1. The van der Waals surface area contributed by atoms with E-state index in [2.05, 4.69) is 9.44 Å². The molecule has 0 saturated heterocycles. The Morgan fingerprint density at radius 2 is 1.11 bits per heavy atom. The monoisotopic (exact) mass is 602 g/mol. The summed E-state index contributed by atoms with van der Waals surface area (Å²) in [6, 6.07) is 4.85. The number of hydrogen-bond donors (Lipinski definition) is 4. The summed E-state index contributed by atoms with van der Waals surface area (Å²) in [6.45, 7) is 0. The molecule has 4 N–H and O–H groups in total. The Morgan fingerprint density at radius 3 is 1.42 bits per heavy atom. The molecule has 0 radical (unpaired) electrons. The minimum atomic E-state index is -4.28. The van der Waals surface area contributed by atoms with Crippen molar-refractivity contribution in [2.45, 2.75) is 34.7 Å². The van der Waals surface area contributed by atoms with Gasteiger partial charge in [0.05, 0.1) is 9.79 Å². The van der Waals surface area contributed by atoms with Gasteiger partial charge < -0.3 is 10.2 Å². The van der Waals surface area contributed by atoms with Crippen molar-refractivity contribution in [1.29, 1.82) is 0 Å². The minimum absolute atomic E-state index is 0.0183. The topological polar surface area (TPSA) is 184 Å². The van der Waals surface area contributed by atoms with Gasteiger partial charge in [0.2, 0.25) is 20.0 Å². The van der Waals surface area contributed by atoms with Crippen LogP contribution in [-0.2, 0) is 29.6 Å². The number of ketones is 1. The Labute approximate surface area is 228 Å². The highest BCUT2D eigenvalue weighted by Crippen LogP contribution is 2.38. The smallest absolute Gasteiger partial charge is 0.321 e. The lowest BCUT2D eigenvalue weighted by Crippen LogP contribution is -2.41. The molecule has 0 saturated carbocycles. The predicted octanol–water partition coefficient (Wildman–Crippen LogP) is 1.87. The lowest BCUT2D eigenvalue weighted by Gasteiger charge is -2.15. The number of carbonyl (C=O) groups excluding carboxylic acids is 1. The first-order chi connectivity index (χ1) is 17.8. The zero-order valence-electron chi connectivity index (χ0n) is 20.3. The van der Waals surface area contributed by atoms with Gasteiger partial charge in [-0.3, -0.25) is 14.4 Å². The number of carboxylic acid groups (broad SMARTS) is 2. The second kappa shape index (κ2) is 12.2. The Morgan fingerprint density at radius 1 is 0.737 bits per heavy atom. The molecule has 3 rings (SSSR count). The molecule has 1 aliphatic carbocycles. The molecular formula is C23H26N2O9S4. The van der Waals surface area contributed by atoms with Crippen LogP contribution in [0.2, 0.25) is 0 Å². The quantitative estimate of drug-likeness (QED) is 0.211. The van der Waals surface area contributed by atoms with E-state index in [-0.39, 0.29) is 33.8 Å². The number of hydrogen-bond acceptors (Lipinski definition) is 9. The van der Waals surface area contributed by atoms with Crippen molar-refractivity contribution in [3.63, 3.8) is 0 Å². The summed E-state index contributed by atoms with van der Waals surface area (Å²) >= 11 is 2.74. The number of nitrogens with one attached hydrogen (secondary N) is 2. The van der Waals surface area contributed by atoms with Crippen molar-refractivity contribution in [1.82, 2.24) is 9.44 Å². The number of carbonyl (C=O) groups is 3. The van der Waals surface area contributed by atoms with Crippen molar-refractivity contribution in [3.8, 4) is 11.1 Å². The first-order valence-corrected chi connectivity index (χ1v) is 16.9. The number of rotatable bonds is 14. The van der Waals surface area contributed by atoms with Crippen LogP contribution in [0.4, 0.5) is 0 Å². The van der Waals surface area contributed by atoms with Crippen molar-refractivity contribution < 1.29 is 41.4 Å². The van der Waals surface area contributed by atoms with E-state index in [0.29, 0.717) is 22.6 Å². The molecule has 0 heterocycles. The second-order valence-corrected chi connectivity index (χ2v) is 13.7. The van der Waals surface area contributed by atoms with Gasteiger partial charge >= 0.3 is 11.9 Å². The molecule has 2 aromatic rings. The highest BCUT2D eigenvalue weighted by atomic mass is 32.2. The molecule has 0 aromatic heterocycles. The zero-order valence-corrected chi connectivity index (χ0v) is 23.6. The average molecular weight is 603 g/mol. The van der Waals surface area contributed by atoms with Crippen molar-refractivity contribution in [3.05, 3.63) is 47.5 Å². The number of fused-ring (bicyclic) bond motifs is 3. The van der Waals surface area contributed by atoms with Crippen LogP contribution in [0.5, 0.6) is 0 Å². The highest BCUT2D eigenvalue weighted by Gasteiger charge is 2.33. The standard InChI is InChI=1S/C23H26N2O9S4/c1-35-9-7-19(22(27)28)24-37(31,32)13-3-5-15-16-6-4-14(12-18(16)21(26)17(15)11-13)38(33,34)25-20(23(29)30)8-10-36-2/h3-6,11-12,19-20,24-25H,7-10H2,1-2H3,(H,27,28)(H,29,30)/t19-,20+. The van der Waals surface area contributed by atoms with Gasteiger partial charge in [-0.15, -0.1) is 0 Å². The van der Waals surface area contributed by atoms with Crippen LogP contribution in [0.3, 0.4) is 0 Å². The van der Waals surface area contributed by atoms with Gasteiger partial charge in [-0.1, -0.05) is 12.1 Å². The predicted molar refractivity (Wildman–Crippen MR) is 145 cm³/mol. The van der Waals surface area contributed by atoms with Crippen molar-refractivity contribution >= 4 is 61.3 Å². The molecule has 0 aliphatic heterocycles. The fourth-order valence-electron chi connectivity index (χ4n) is 3.82. The second-order valence-electron chi connectivity index (χ2n) is 8.33. The molecule has 38 heavy (non-hydrogen) atoms. The fourth-order valence-corrected chi connectivity index (χ4v) is 7.26. The molecule has 1 aliphatic rings. The van der Waals surface area contributed by atoms with Crippen LogP contribution in [0, 0.1) is 0 Å². The van der Waals surface area contributed by atoms with E-state index in [1.807, 2.05) is 0 Å². The normalized spacial score (nSPS) is 14.5. The molecule has 2 aromatic carbocycles. The van der Waals surface area contributed by atoms with Gasteiger partial charge in [0.25, 0.3) is 0 Å². The summed E-state index contributed by atoms with van der Waals surface area (Å²) in [6.07, 6.45) is 3.66. The maximum atomic E-state index is 13.2. The molecule has 11 nitrogen and oxygen atoms in total. The van der Waals surface area contributed by atoms with Gasteiger partial charge in [-0.05, 0) is 72.3 Å². The van der Waals surface area contributed by atoms with Crippen LogP contribution in [-0.4, -0.2) is 80.9 Å². The first kappa shape index (κ1) is 30.1. The minimum Gasteiger partial charge on any atom is -0.480 e. The number of thioether (sulfide) groups is 2. The maximum Gasteiger partial charge on any atom is 0.321 e. The summed E-state index contributed by atoms with van der Waals surface area (Å²) < 4.78 is 55.8. The van der Waals surface area contributed by atoms with Crippen molar-refractivity contribution in [2.75, 3.05) is 24.0 Å². The summed E-state index contributed by atoms with van der Waals surface area (Å²) in [4.78, 5) is 35.5. The summed E-state index contributed by atoms with van der Waals surface area (Å²) in [7, 11) is -8.57. The average Bonchev–Trinajstić information content (AvgIpc) is 3.14. The molecular weight excluding hydrogens is 577 g/mol.